The van der Waals surface area contributed by atoms with Crippen molar-refractivity contribution in [3.8, 4) is 17.2 Å². The van der Waals surface area contributed by atoms with Crippen LogP contribution in [0.5, 0.6) is 17.2 Å². The van der Waals surface area contributed by atoms with Gasteiger partial charge in [0.15, 0.2) is 11.5 Å². The van der Waals surface area contributed by atoms with Gasteiger partial charge in [-0.05, 0) is 35.4 Å². The Morgan fingerprint density at radius 2 is 1.31 bits per heavy atom. The minimum absolute atomic E-state index is 0.0713. The number of methoxy groups -OCH3 is 3. The Labute approximate surface area is 206 Å². The highest BCUT2D eigenvalue weighted by Crippen LogP contribution is 2.38. The van der Waals surface area contributed by atoms with Gasteiger partial charge >= 0.3 is 0 Å². The number of hydrogen-bond donors (Lipinski definition) is 0. The first-order valence-electron chi connectivity index (χ1n) is 10.9. The number of sulfonamides is 1. The fraction of sp³-hybridized carbons (Fsp3) is 0.269. The average molecular weight is 499 g/mol. The van der Waals surface area contributed by atoms with Crippen LogP contribution in [-0.4, -0.2) is 58.5 Å². The van der Waals surface area contributed by atoms with Crippen molar-refractivity contribution in [2.75, 3.05) is 34.9 Å². The van der Waals surface area contributed by atoms with E-state index in [9.17, 15) is 13.2 Å². The maximum atomic E-state index is 13.4. The summed E-state index contributed by atoms with van der Waals surface area (Å²) in [5, 5.41) is 0. The maximum absolute atomic E-state index is 13.4. The summed E-state index contributed by atoms with van der Waals surface area (Å²) >= 11 is 0. The van der Waals surface area contributed by atoms with Gasteiger partial charge < -0.3 is 19.1 Å². The summed E-state index contributed by atoms with van der Waals surface area (Å²) < 4.78 is 44.1. The fourth-order valence-electron chi connectivity index (χ4n) is 3.61. The van der Waals surface area contributed by atoms with Crippen LogP contribution in [0.2, 0.25) is 0 Å². The number of carbonyl (C=O) groups excluding carboxylic acids is 1. The van der Waals surface area contributed by atoms with E-state index < -0.39 is 10.0 Å². The molecule has 35 heavy (non-hydrogen) atoms. The van der Waals surface area contributed by atoms with Crippen molar-refractivity contribution in [3.63, 3.8) is 0 Å². The van der Waals surface area contributed by atoms with E-state index in [0.29, 0.717) is 17.2 Å². The third kappa shape index (κ3) is 6.32. The van der Waals surface area contributed by atoms with Crippen LogP contribution in [0.1, 0.15) is 11.1 Å². The summed E-state index contributed by atoms with van der Waals surface area (Å²) in [6, 6.07) is 20.8. The van der Waals surface area contributed by atoms with Gasteiger partial charge in [0.1, 0.15) is 0 Å². The Hall–Kier alpha value is -3.56. The Morgan fingerprint density at radius 1 is 0.771 bits per heavy atom. The molecule has 0 spiro atoms. The van der Waals surface area contributed by atoms with Gasteiger partial charge in [-0.15, -0.1) is 0 Å². The Morgan fingerprint density at radius 3 is 1.83 bits per heavy atom. The van der Waals surface area contributed by atoms with Crippen molar-refractivity contribution in [2.24, 2.45) is 0 Å². The molecule has 0 aliphatic heterocycles. The van der Waals surface area contributed by atoms with Crippen molar-refractivity contribution < 1.29 is 27.4 Å². The highest BCUT2D eigenvalue weighted by Gasteiger charge is 2.28. The molecule has 0 heterocycles. The number of nitrogens with zero attached hydrogens (tertiary/aromatic N) is 2. The summed E-state index contributed by atoms with van der Waals surface area (Å²) in [5.41, 5.74) is 1.53. The molecule has 3 aromatic rings. The largest absolute Gasteiger partial charge is 0.493 e. The Balaban J connectivity index is 1.84. The molecule has 0 saturated heterocycles. The highest BCUT2D eigenvalue weighted by atomic mass is 32.2. The summed E-state index contributed by atoms with van der Waals surface area (Å²) in [5.74, 6) is 1.05. The van der Waals surface area contributed by atoms with Gasteiger partial charge in [0, 0.05) is 20.1 Å². The number of amides is 1. The van der Waals surface area contributed by atoms with E-state index in [1.807, 2.05) is 30.3 Å². The van der Waals surface area contributed by atoms with Crippen LogP contribution in [0, 0.1) is 0 Å². The molecular weight excluding hydrogens is 468 g/mol. The van der Waals surface area contributed by atoms with Crippen LogP contribution >= 0.6 is 0 Å². The molecule has 0 N–H and O–H groups in total. The van der Waals surface area contributed by atoms with E-state index in [1.165, 1.54) is 42.7 Å². The lowest BCUT2D eigenvalue weighted by Gasteiger charge is -2.25. The molecule has 0 bridgehead atoms. The van der Waals surface area contributed by atoms with Gasteiger partial charge in [-0.2, -0.15) is 4.31 Å². The number of ether oxygens (including phenoxy) is 3. The molecule has 0 radical (unpaired) electrons. The molecule has 0 atom stereocenters. The topological polar surface area (TPSA) is 85.4 Å². The highest BCUT2D eigenvalue weighted by molar-refractivity contribution is 7.89. The molecule has 9 heteroatoms. The van der Waals surface area contributed by atoms with Gasteiger partial charge in [-0.3, -0.25) is 4.79 Å². The van der Waals surface area contributed by atoms with Gasteiger partial charge in [-0.25, -0.2) is 8.42 Å². The van der Waals surface area contributed by atoms with Crippen molar-refractivity contribution in [1.29, 1.82) is 0 Å². The number of benzene rings is 3. The average Bonchev–Trinajstić information content (AvgIpc) is 2.88. The number of carbonyl (C=O) groups is 1. The second-order valence-corrected chi connectivity index (χ2v) is 9.79. The van der Waals surface area contributed by atoms with Gasteiger partial charge in [0.05, 0.1) is 32.8 Å². The lowest BCUT2D eigenvalue weighted by Crippen LogP contribution is -2.40. The van der Waals surface area contributed by atoms with Crippen LogP contribution in [-0.2, 0) is 27.9 Å². The first-order valence-corrected chi connectivity index (χ1v) is 12.4. The first kappa shape index (κ1) is 26.1. The van der Waals surface area contributed by atoms with Crippen LogP contribution in [0.4, 0.5) is 0 Å². The predicted molar refractivity (Wildman–Crippen MR) is 133 cm³/mol. The number of hydrogen-bond acceptors (Lipinski definition) is 6. The van der Waals surface area contributed by atoms with Crippen molar-refractivity contribution in [3.05, 3.63) is 83.9 Å². The number of likely N-dealkylation sites (N-methyl/N-ethyl adjacent to an activating group) is 1. The molecule has 0 saturated carbocycles. The van der Waals surface area contributed by atoms with E-state index in [2.05, 4.69) is 0 Å². The molecule has 0 aliphatic carbocycles. The molecular formula is C26H30N2O6S. The zero-order valence-electron chi connectivity index (χ0n) is 20.3. The monoisotopic (exact) mass is 498 g/mol. The third-order valence-corrected chi connectivity index (χ3v) is 7.27. The van der Waals surface area contributed by atoms with Crippen molar-refractivity contribution in [1.82, 2.24) is 9.21 Å². The normalized spacial score (nSPS) is 11.2. The molecule has 8 nitrogen and oxygen atoms in total. The van der Waals surface area contributed by atoms with Crippen LogP contribution in [0.3, 0.4) is 0 Å². The fourth-order valence-corrected chi connectivity index (χ4v) is 5.01. The van der Waals surface area contributed by atoms with Gasteiger partial charge in [0.25, 0.3) is 0 Å². The predicted octanol–water partition coefficient (Wildman–Crippen LogP) is 3.56. The second kappa shape index (κ2) is 11.7. The van der Waals surface area contributed by atoms with Crippen LogP contribution in [0.15, 0.2) is 77.7 Å². The molecule has 1 amide bonds. The van der Waals surface area contributed by atoms with E-state index in [0.717, 1.165) is 11.1 Å². The molecule has 0 aliphatic rings. The van der Waals surface area contributed by atoms with Crippen LogP contribution in [0.25, 0.3) is 0 Å². The summed E-state index contributed by atoms with van der Waals surface area (Å²) in [6.45, 7) is -0.0189. The molecule has 186 valence electrons. The van der Waals surface area contributed by atoms with Gasteiger partial charge in [0.2, 0.25) is 21.7 Å². The molecule has 0 aromatic heterocycles. The molecule has 3 aromatic carbocycles. The lowest BCUT2D eigenvalue weighted by atomic mass is 10.1. The van der Waals surface area contributed by atoms with E-state index >= 15 is 0 Å². The third-order valence-electron chi connectivity index (χ3n) is 5.46. The summed E-state index contributed by atoms with van der Waals surface area (Å²) in [4.78, 5) is 14.8. The Bertz CT molecular complexity index is 1210. The van der Waals surface area contributed by atoms with Crippen LogP contribution < -0.4 is 14.2 Å². The first-order chi connectivity index (χ1) is 16.8. The summed E-state index contributed by atoms with van der Waals surface area (Å²) in [6.07, 6.45) is 0. The van der Waals surface area contributed by atoms with E-state index in [1.54, 1.807) is 37.4 Å². The molecule has 3 rings (SSSR count). The summed E-state index contributed by atoms with van der Waals surface area (Å²) in [7, 11) is 2.28. The Kier molecular flexibility index (Phi) is 8.73. The standard InChI is InChI=1S/C26H30N2O6S/c1-27(17-21-15-23(32-2)26(34-4)24(16-21)33-3)25(29)19-28(18-20-11-7-5-8-12-20)35(30,31)22-13-9-6-10-14-22/h5-16H,17-19H2,1-4H3. The quantitative estimate of drug-likeness (QED) is 0.402. The molecule has 0 fully saturated rings. The van der Waals surface area contributed by atoms with E-state index in [4.69, 9.17) is 14.2 Å². The zero-order chi connectivity index (χ0) is 25.4. The molecule has 0 unspecified atom stereocenters. The van der Waals surface area contributed by atoms with Gasteiger partial charge in [-0.1, -0.05) is 48.5 Å². The maximum Gasteiger partial charge on any atom is 0.243 e. The second-order valence-electron chi connectivity index (χ2n) is 7.86. The smallest absolute Gasteiger partial charge is 0.243 e. The SMILES string of the molecule is COc1cc(CN(C)C(=O)CN(Cc2ccccc2)S(=O)(=O)c2ccccc2)cc(OC)c1OC. The minimum atomic E-state index is -3.90. The number of rotatable bonds is 11. The minimum Gasteiger partial charge on any atom is -0.493 e. The lowest BCUT2D eigenvalue weighted by molar-refractivity contribution is -0.130. The van der Waals surface area contributed by atoms with Crippen molar-refractivity contribution in [2.45, 2.75) is 18.0 Å². The van der Waals surface area contributed by atoms with Crippen molar-refractivity contribution >= 4 is 15.9 Å². The van der Waals surface area contributed by atoms with E-state index in [-0.39, 0.29) is 30.4 Å². The zero-order valence-corrected chi connectivity index (χ0v) is 21.1.